The third kappa shape index (κ3) is 2.69. The maximum Gasteiger partial charge on any atom is 0.140 e. The highest BCUT2D eigenvalue weighted by molar-refractivity contribution is 5.51. The van der Waals surface area contributed by atoms with E-state index in [0.717, 1.165) is 24.2 Å². The van der Waals surface area contributed by atoms with Crippen molar-refractivity contribution < 1.29 is 0 Å². The van der Waals surface area contributed by atoms with E-state index in [0.29, 0.717) is 6.54 Å². The molecule has 0 unspecified atom stereocenters. The van der Waals surface area contributed by atoms with Crippen molar-refractivity contribution >= 4 is 5.65 Å². The molecule has 21 heavy (non-hydrogen) atoms. The molecule has 0 bridgehead atoms. The van der Waals surface area contributed by atoms with Gasteiger partial charge in [0.15, 0.2) is 0 Å². The van der Waals surface area contributed by atoms with Gasteiger partial charge in [0.2, 0.25) is 0 Å². The Kier molecular flexibility index (Phi) is 3.76. The standard InChI is InChI=1S/C18H21N3/c1-13-5-7-15(8-6-13)12-16-17(9-10-19)21-11-3-4-14(2)18(21)20-16/h3-8,11H,9-10,12,19H2,1-2H3. The second-order valence-electron chi connectivity index (χ2n) is 5.59. The van der Waals surface area contributed by atoms with Crippen molar-refractivity contribution in [1.82, 2.24) is 9.38 Å². The fourth-order valence-electron chi connectivity index (χ4n) is 2.74. The second-order valence-corrected chi connectivity index (χ2v) is 5.59. The van der Waals surface area contributed by atoms with Crippen LogP contribution in [0.15, 0.2) is 42.6 Å². The molecule has 0 fully saturated rings. The normalized spacial score (nSPS) is 11.2. The molecule has 3 aromatic rings. The van der Waals surface area contributed by atoms with E-state index in [-0.39, 0.29) is 0 Å². The van der Waals surface area contributed by atoms with E-state index in [9.17, 15) is 0 Å². The molecule has 0 aliphatic heterocycles. The third-order valence-corrected chi connectivity index (χ3v) is 3.90. The van der Waals surface area contributed by atoms with Crippen molar-refractivity contribution in [3.05, 3.63) is 70.7 Å². The number of hydrogen-bond donors (Lipinski definition) is 1. The zero-order valence-corrected chi connectivity index (χ0v) is 12.6. The number of hydrogen-bond acceptors (Lipinski definition) is 2. The molecule has 0 atom stereocenters. The molecular formula is C18H21N3. The molecule has 3 nitrogen and oxygen atoms in total. The lowest BCUT2D eigenvalue weighted by Crippen LogP contribution is -2.07. The van der Waals surface area contributed by atoms with Crippen LogP contribution in [0.1, 0.15) is 28.1 Å². The minimum atomic E-state index is 0.642. The molecule has 0 amide bonds. The summed E-state index contributed by atoms with van der Waals surface area (Å²) in [5, 5.41) is 0. The maximum absolute atomic E-state index is 5.79. The predicted octanol–water partition coefficient (Wildman–Crippen LogP) is 3.04. The van der Waals surface area contributed by atoms with Crippen LogP contribution in [-0.2, 0) is 12.8 Å². The highest BCUT2D eigenvalue weighted by Gasteiger charge is 2.13. The van der Waals surface area contributed by atoms with E-state index in [2.05, 4.69) is 60.8 Å². The summed E-state index contributed by atoms with van der Waals surface area (Å²) in [4.78, 5) is 4.86. The number of imidazole rings is 1. The Morgan fingerprint density at radius 2 is 1.86 bits per heavy atom. The van der Waals surface area contributed by atoms with Gasteiger partial charge in [0.05, 0.1) is 5.69 Å². The van der Waals surface area contributed by atoms with Crippen molar-refractivity contribution in [2.75, 3.05) is 6.54 Å². The number of benzene rings is 1. The minimum absolute atomic E-state index is 0.642. The molecule has 0 spiro atoms. The maximum atomic E-state index is 5.79. The third-order valence-electron chi connectivity index (χ3n) is 3.90. The van der Waals surface area contributed by atoms with Gasteiger partial charge in [-0.15, -0.1) is 0 Å². The SMILES string of the molecule is Cc1ccc(Cc2nc3c(C)cccn3c2CCN)cc1. The summed E-state index contributed by atoms with van der Waals surface area (Å²) < 4.78 is 2.19. The number of rotatable bonds is 4. The van der Waals surface area contributed by atoms with Crippen LogP contribution in [0.5, 0.6) is 0 Å². The molecule has 2 heterocycles. The lowest BCUT2D eigenvalue weighted by molar-refractivity contribution is 0.881. The van der Waals surface area contributed by atoms with Gasteiger partial charge in [-0.3, -0.25) is 0 Å². The minimum Gasteiger partial charge on any atom is -0.330 e. The average Bonchev–Trinajstić information content (AvgIpc) is 2.82. The van der Waals surface area contributed by atoms with Crippen molar-refractivity contribution in [3.8, 4) is 0 Å². The highest BCUT2D eigenvalue weighted by Crippen LogP contribution is 2.19. The predicted molar refractivity (Wildman–Crippen MR) is 86.7 cm³/mol. The second kappa shape index (κ2) is 5.70. The lowest BCUT2D eigenvalue weighted by Gasteiger charge is -2.04. The lowest BCUT2D eigenvalue weighted by atomic mass is 10.1. The Morgan fingerprint density at radius 3 is 2.57 bits per heavy atom. The van der Waals surface area contributed by atoms with Crippen LogP contribution in [0.3, 0.4) is 0 Å². The van der Waals surface area contributed by atoms with E-state index in [1.54, 1.807) is 0 Å². The van der Waals surface area contributed by atoms with Crippen LogP contribution >= 0.6 is 0 Å². The van der Waals surface area contributed by atoms with Gasteiger partial charge in [-0.05, 0) is 37.6 Å². The molecule has 0 saturated carbocycles. The molecule has 2 aromatic heterocycles. The highest BCUT2D eigenvalue weighted by atomic mass is 15.0. The van der Waals surface area contributed by atoms with Crippen LogP contribution in [0, 0.1) is 13.8 Å². The largest absolute Gasteiger partial charge is 0.330 e. The van der Waals surface area contributed by atoms with Gasteiger partial charge < -0.3 is 10.1 Å². The van der Waals surface area contributed by atoms with Crippen LogP contribution < -0.4 is 5.73 Å². The van der Waals surface area contributed by atoms with Gasteiger partial charge in [0, 0.05) is 24.7 Å². The van der Waals surface area contributed by atoms with Crippen LogP contribution in [0.2, 0.25) is 0 Å². The molecule has 108 valence electrons. The smallest absolute Gasteiger partial charge is 0.140 e. The first kappa shape index (κ1) is 13.8. The Morgan fingerprint density at radius 1 is 1.10 bits per heavy atom. The fraction of sp³-hybridized carbons (Fsp3) is 0.278. The zero-order chi connectivity index (χ0) is 14.8. The number of fused-ring (bicyclic) bond motifs is 1. The molecule has 0 aliphatic rings. The van der Waals surface area contributed by atoms with Gasteiger partial charge in [-0.25, -0.2) is 4.98 Å². The van der Waals surface area contributed by atoms with Crippen molar-refractivity contribution in [2.45, 2.75) is 26.7 Å². The van der Waals surface area contributed by atoms with Crippen LogP contribution in [-0.4, -0.2) is 15.9 Å². The number of aryl methyl sites for hydroxylation is 2. The van der Waals surface area contributed by atoms with E-state index < -0.39 is 0 Å². The first-order chi connectivity index (χ1) is 10.2. The number of nitrogens with zero attached hydrogens (tertiary/aromatic N) is 2. The Balaban J connectivity index is 2.06. The van der Waals surface area contributed by atoms with Gasteiger partial charge in [-0.2, -0.15) is 0 Å². The molecule has 2 N–H and O–H groups in total. The Labute approximate surface area is 125 Å². The summed E-state index contributed by atoms with van der Waals surface area (Å²) in [6, 6.07) is 12.8. The molecule has 0 radical (unpaired) electrons. The summed E-state index contributed by atoms with van der Waals surface area (Å²) in [5.74, 6) is 0. The Bertz CT molecular complexity index is 754. The van der Waals surface area contributed by atoms with Crippen LogP contribution in [0.4, 0.5) is 0 Å². The number of nitrogens with two attached hydrogens (primary N) is 1. The van der Waals surface area contributed by atoms with E-state index in [4.69, 9.17) is 10.7 Å². The quantitative estimate of drug-likeness (QED) is 0.797. The van der Waals surface area contributed by atoms with Gasteiger partial charge >= 0.3 is 0 Å². The number of aromatic nitrogens is 2. The fourth-order valence-corrected chi connectivity index (χ4v) is 2.74. The summed E-state index contributed by atoms with van der Waals surface area (Å²) in [6.45, 7) is 4.85. The van der Waals surface area contributed by atoms with E-state index >= 15 is 0 Å². The molecule has 3 heteroatoms. The van der Waals surface area contributed by atoms with Crippen LogP contribution in [0.25, 0.3) is 5.65 Å². The summed E-state index contributed by atoms with van der Waals surface area (Å²) >= 11 is 0. The van der Waals surface area contributed by atoms with Crippen molar-refractivity contribution in [3.63, 3.8) is 0 Å². The van der Waals surface area contributed by atoms with Gasteiger partial charge in [-0.1, -0.05) is 35.9 Å². The molecule has 1 aromatic carbocycles. The molecule has 3 rings (SSSR count). The summed E-state index contributed by atoms with van der Waals surface area (Å²) in [6.07, 6.45) is 3.79. The molecule has 0 aliphatic carbocycles. The van der Waals surface area contributed by atoms with Crippen molar-refractivity contribution in [2.24, 2.45) is 5.73 Å². The summed E-state index contributed by atoms with van der Waals surface area (Å²) in [5.41, 5.74) is 13.0. The topological polar surface area (TPSA) is 43.3 Å². The van der Waals surface area contributed by atoms with Gasteiger partial charge in [0.1, 0.15) is 5.65 Å². The first-order valence-corrected chi connectivity index (χ1v) is 7.40. The monoisotopic (exact) mass is 279 g/mol. The van der Waals surface area contributed by atoms with Crippen molar-refractivity contribution in [1.29, 1.82) is 0 Å². The number of pyridine rings is 1. The van der Waals surface area contributed by atoms with E-state index in [1.165, 1.54) is 22.4 Å². The molecular weight excluding hydrogens is 258 g/mol. The van der Waals surface area contributed by atoms with Gasteiger partial charge in [0.25, 0.3) is 0 Å². The average molecular weight is 279 g/mol. The van der Waals surface area contributed by atoms with E-state index in [1.807, 2.05) is 0 Å². The molecule has 0 saturated heterocycles. The zero-order valence-electron chi connectivity index (χ0n) is 12.6. The first-order valence-electron chi connectivity index (χ1n) is 7.40. The summed E-state index contributed by atoms with van der Waals surface area (Å²) in [7, 11) is 0. The Hall–Kier alpha value is -2.13.